The van der Waals surface area contributed by atoms with Crippen molar-refractivity contribution >= 4 is 0 Å². The summed E-state index contributed by atoms with van der Waals surface area (Å²) in [7, 11) is 0. The average molecular weight is 643 g/mol. The highest BCUT2D eigenvalue weighted by Gasteiger charge is 2.47. The maximum absolute atomic E-state index is 6.07. The zero-order chi connectivity index (χ0) is 32.9. The standard InChI is InChI=1S/C43H62O4/c1-39(2)23-31-19-33-34-20-32-24-40(3,4)36(32)22-38(34)43(37(33)21-35(31)39,15-11-7-9-13-17-44-25-41(5)27-46-28-41)16-12-8-10-14-18-45-26-42(6)29-47-30-42/h19-22H,7-18,23-30H2,1-6H3. The second-order valence-electron chi connectivity index (χ2n) is 18.4. The van der Waals surface area contributed by atoms with Gasteiger partial charge in [-0.3, -0.25) is 0 Å². The Hall–Kier alpha value is -1.72. The maximum Gasteiger partial charge on any atom is 0.0564 e. The molecular formula is C43H62O4. The molecule has 0 amide bonds. The number of ether oxygens (including phenoxy) is 4. The smallest absolute Gasteiger partial charge is 0.0564 e. The van der Waals surface area contributed by atoms with Gasteiger partial charge >= 0.3 is 0 Å². The van der Waals surface area contributed by atoms with Crippen LogP contribution in [0.4, 0.5) is 0 Å². The molecule has 2 aliphatic heterocycles. The van der Waals surface area contributed by atoms with Crippen molar-refractivity contribution in [3.8, 4) is 11.1 Å². The van der Waals surface area contributed by atoms with Gasteiger partial charge < -0.3 is 18.9 Å². The summed E-state index contributed by atoms with van der Waals surface area (Å²) in [5, 5.41) is 0. The fraction of sp³-hybridized carbons (Fsp3) is 0.721. The Morgan fingerprint density at radius 2 is 0.915 bits per heavy atom. The summed E-state index contributed by atoms with van der Waals surface area (Å²) in [4.78, 5) is 0. The van der Waals surface area contributed by atoms with E-state index >= 15 is 0 Å². The summed E-state index contributed by atoms with van der Waals surface area (Å²) in [6.45, 7) is 21.2. The number of rotatable bonds is 18. The molecule has 0 aromatic heterocycles. The van der Waals surface area contributed by atoms with Gasteiger partial charge in [0.15, 0.2) is 0 Å². The maximum atomic E-state index is 6.07. The lowest BCUT2D eigenvalue weighted by molar-refractivity contribution is -0.137. The molecule has 4 heteroatoms. The van der Waals surface area contributed by atoms with E-state index in [9.17, 15) is 0 Å². The van der Waals surface area contributed by atoms with Gasteiger partial charge in [-0.2, -0.15) is 0 Å². The summed E-state index contributed by atoms with van der Waals surface area (Å²) in [6.07, 6.45) is 14.9. The lowest BCUT2D eigenvalue weighted by Gasteiger charge is -2.41. The molecular weight excluding hydrogens is 580 g/mol. The predicted octanol–water partition coefficient (Wildman–Crippen LogP) is 9.63. The van der Waals surface area contributed by atoms with Gasteiger partial charge in [-0.05, 0) is 93.9 Å². The largest absolute Gasteiger partial charge is 0.381 e. The number of hydrogen-bond acceptors (Lipinski definition) is 4. The third kappa shape index (κ3) is 6.51. The molecule has 3 aliphatic carbocycles. The predicted molar refractivity (Wildman–Crippen MR) is 192 cm³/mol. The minimum absolute atomic E-state index is 0.122. The number of unbranched alkanes of at least 4 members (excludes halogenated alkanes) is 6. The lowest BCUT2D eigenvalue weighted by Crippen LogP contribution is -2.43. The van der Waals surface area contributed by atoms with Gasteiger partial charge in [-0.15, -0.1) is 0 Å². The number of fused-ring (bicyclic) bond motifs is 5. The minimum Gasteiger partial charge on any atom is -0.381 e. The molecule has 0 bridgehead atoms. The third-order valence-electron chi connectivity index (χ3n) is 12.5. The highest BCUT2D eigenvalue weighted by Crippen LogP contribution is 2.59. The van der Waals surface area contributed by atoms with Crippen molar-refractivity contribution in [3.63, 3.8) is 0 Å². The first-order valence-electron chi connectivity index (χ1n) is 19.1. The molecule has 7 rings (SSSR count). The van der Waals surface area contributed by atoms with Crippen molar-refractivity contribution in [1.29, 1.82) is 0 Å². The van der Waals surface area contributed by atoms with E-state index in [-0.39, 0.29) is 16.2 Å². The molecule has 0 spiro atoms. The Bertz CT molecular complexity index is 1330. The molecule has 0 radical (unpaired) electrons. The lowest BCUT2D eigenvalue weighted by atomic mass is 9.62. The Morgan fingerprint density at radius 3 is 1.28 bits per heavy atom. The molecule has 2 heterocycles. The molecule has 0 N–H and O–H groups in total. The van der Waals surface area contributed by atoms with Gasteiger partial charge in [0, 0.05) is 29.5 Å². The minimum atomic E-state index is 0.122. The summed E-state index contributed by atoms with van der Waals surface area (Å²) in [5.74, 6) is 0. The third-order valence-corrected chi connectivity index (χ3v) is 12.5. The van der Waals surface area contributed by atoms with Crippen LogP contribution in [0.3, 0.4) is 0 Å². The number of hydrogen-bond donors (Lipinski definition) is 0. The quantitative estimate of drug-likeness (QED) is 0.152. The molecule has 258 valence electrons. The first-order chi connectivity index (χ1) is 22.4. The SMILES string of the molecule is CC1(COCCCCCCC2(CCCCCCOCC3(C)COC3)c3cc4c(cc3-c3cc5c(cc32)C(C)(C)C5)CC4(C)C)COC1. The molecule has 2 saturated heterocycles. The second kappa shape index (κ2) is 12.9. The Morgan fingerprint density at radius 1 is 0.511 bits per heavy atom. The van der Waals surface area contributed by atoms with Gasteiger partial charge in [-0.1, -0.05) is 104 Å². The van der Waals surface area contributed by atoms with Crippen LogP contribution < -0.4 is 0 Å². The van der Waals surface area contributed by atoms with Crippen molar-refractivity contribution < 1.29 is 18.9 Å². The van der Waals surface area contributed by atoms with Gasteiger partial charge in [0.2, 0.25) is 0 Å². The molecule has 2 aromatic carbocycles. The topological polar surface area (TPSA) is 36.9 Å². The zero-order valence-electron chi connectivity index (χ0n) is 30.6. The van der Waals surface area contributed by atoms with E-state index < -0.39 is 0 Å². The van der Waals surface area contributed by atoms with Crippen LogP contribution in [0.5, 0.6) is 0 Å². The van der Waals surface area contributed by atoms with Gasteiger partial charge in [-0.25, -0.2) is 0 Å². The van der Waals surface area contributed by atoms with Gasteiger partial charge in [0.25, 0.3) is 0 Å². The van der Waals surface area contributed by atoms with Gasteiger partial charge in [0.05, 0.1) is 39.6 Å². The van der Waals surface area contributed by atoms with Crippen LogP contribution in [0.1, 0.15) is 139 Å². The van der Waals surface area contributed by atoms with Crippen LogP contribution in [0.25, 0.3) is 11.1 Å². The molecule has 5 aliphatic rings. The van der Waals surface area contributed by atoms with Crippen LogP contribution >= 0.6 is 0 Å². The highest BCUT2D eigenvalue weighted by molar-refractivity contribution is 5.84. The van der Waals surface area contributed by atoms with Crippen molar-refractivity contribution in [2.75, 3.05) is 52.9 Å². The van der Waals surface area contributed by atoms with Crippen LogP contribution in [0.15, 0.2) is 24.3 Å². The fourth-order valence-electron chi connectivity index (χ4n) is 9.49. The van der Waals surface area contributed by atoms with E-state index in [4.69, 9.17) is 18.9 Å². The zero-order valence-corrected chi connectivity index (χ0v) is 30.6. The van der Waals surface area contributed by atoms with Crippen LogP contribution in [0.2, 0.25) is 0 Å². The highest BCUT2D eigenvalue weighted by atomic mass is 16.5. The van der Waals surface area contributed by atoms with Crippen molar-refractivity contribution in [2.45, 2.75) is 135 Å². The Labute approximate surface area is 285 Å². The normalized spacial score (nSPS) is 22.5. The first-order valence-corrected chi connectivity index (χ1v) is 19.1. The Balaban J connectivity index is 1.05. The van der Waals surface area contributed by atoms with E-state index in [1.165, 1.54) is 64.2 Å². The van der Waals surface area contributed by atoms with E-state index in [0.29, 0.717) is 10.8 Å². The summed E-state index contributed by atoms with van der Waals surface area (Å²) < 4.78 is 22.9. The molecule has 0 unspecified atom stereocenters. The second-order valence-corrected chi connectivity index (χ2v) is 18.4. The van der Waals surface area contributed by atoms with Crippen molar-refractivity contribution in [3.05, 3.63) is 57.6 Å². The molecule has 47 heavy (non-hydrogen) atoms. The first kappa shape index (κ1) is 33.8. The van der Waals surface area contributed by atoms with Crippen LogP contribution in [0, 0.1) is 10.8 Å². The summed E-state index contributed by atoms with van der Waals surface area (Å²) >= 11 is 0. The average Bonchev–Trinajstić information content (AvgIpc) is 3.24. The van der Waals surface area contributed by atoms with Crippen molar-refractivity contribution in [1.82, 2.24) is 0 Å². The number of benzene rings is 2. The van der Waals surface area contributed by atoms with E-state index in [1.807, 2.05) is 0 Å². The molecule has 4 nitrogen and oxygen atoms in total. The summed E-state index contributed by atoms with van der Waals surface area (Å²) in [5.41, 5.74) is 14.0. The summed E-state index contributed by atoms with van der Waals surface area (Å²) in [6, 6.07) is 10.6. The van der Waals surface area contributed by atoms with E-state index in [1.54, 1.807) is 44.5 Å². The monoisotopic (exact) mass is 642 g/mol. The Kier molecular flexibility index (Phi) is 9.24. The molecule has 2 aromatic rings. The fourth-order valence-corrected chi connectivity index (χ4v) is 9.49. The van der Waals surface area contributed by atoms with Crippen LogP contribution in [-0.4, -0.2) is 52.9 Å². The van der Waals surface area contributed by atoms with E-state index in [2.05, 4.69) is 65.8 Å². The molecule has 2 fully saturated rings. The van der Waals surface area contributed by atoms with Crippen molar-refractivity contribution in [2.24, 2.45) is 10.8 Å². The van der Waals surface area contributed by atoms with E-state index in [0.717, 1.165) is 65.7 Å². The van der Waals surface area contributed by atoms with Crippen LogP contribution in [-0.2, 0) is 48.0 Å². The van der Waals surface area contributed by atoms with Gasteiger partial charge in [0.1, 0.15) is 0 Å². The molecule has 0 saturated carbocycles. The molecule has 0 atom stereocenters.